The van der Waals surface area contributed by atoms with Gasteiger partial charge in [0.05, 0.1) is 33.2 Å². The van der Waals surface area contributed by atoms with Gasteiger partial charge in [0, 0.05) is 33.1 Å². The van der Waals surface area contributed by atoms with Gasteiger partial charge < -0.3 is 9.47 Å². The van der Waals surface area contributed by atoms with Crippen molar-refractivity contribution in [1.82, 2.24) is 4.57 Å². The summed E-state index contributed by atoms with van der Waals surface area (Å²) in [4.78, 5) is 2.54. The van der Waals surface area contributed by atoms with Crippen molar-refractivity contribution in [3.63, 3.8) is 0 Å². The molecule has 0 saturated heterocycles. The minimum absolute atomic E-state index is 0.180. The number of rotatable bonds is 6. The van der Waals surface area contributed by atoms with E-state index in [0.29, 0.717) is 0 Å². The van der Waals surface area contributed by atoms with E-state index in [9.17, 15) is 0 Å². The Morgan fingerprint density at radius 2 is 0.823 bits per heavy atom. The summed E-state index contributed by atoms with van der Waals surface area (Å²) >= 11 is 0. The number of benzene rings is 12. The molecule has 79 heavy (non-hydrogen) atoms. The van der Waals surface area contributed by atoms with Crippen molar-refractivity contribution in [2.24, 2.45) is 0 Å². The Morgan fingerprint density at radius 3 is 1.57 bits per heavy atom. The molecule has 1 spiro atoms. The summed E-state index contributed by atoms with van der Waals surface area (Å²) in [5.74, 6) is 0. The highest BCUT2D eigenvalue weighted by atomic mass is 15.1. The largest absolute Gasteiger partial charge is 0.310 e. The zero-order valence-electron chi connectivity index (χ0n) is 44.0. The molecule has 370 valence electrons. The van der Waals surface area contributed by atoms with Crippen LogP contribution in [0.1, 0.15) is 69.5 Å². The molecule has 0 radical (unpaired) electrons. The summed E-state index contributed by atoms with van der Waals surface area (Å²) in [7, 11) is 0. The van der Waals surface area contributed by atoms with Gasteiger partial charge in [0.15, 0.2) is 0 Å². The summed E-state index contributed by atoms with van der Waals surface area (Å²) in [6.07, 6.45) is 0. The second-order valence-electron chi connectivity index (χ2n) is 22.6. The normalized spacial score (nSPS) is 16.0. The minimum atomic E-state index is -0.538. The summed E-state index contributed by atoms with van der Waals surface area (Å²) in [6, 6.07) is 105. The van der Waals surface area contributed by atoms with Gasteiger partial charge in [-0.2, -0.15) is 0 Å². The Morgan fingerprint density at radius 1 is 0.316 bits per heavy atom. The molecule has 0 bridgehead atoms. The molecule has 3 aliphatic carbocycles. The van der Waals surface area contributed by atoms with Gasteiger partial charge in [-0.25, -0.2) is 0 Å². The minimum Gasteiger partial charge on any atom is -0.310 e. The smallest absolute Gasteiger partial charge is 0.0754 e. The van der Waals surface area contributed by atoms with Crippen molar-refractivity contribution in [1.29, 1.82) is 0 Å². The van der Waals surface area contributed by atoms with E-state index in [4.69, 9.17) is 0 Å². The first kappa shape index (κ1) is 44.4. The van der Waals surface area contributed by atoms with Crippen molar-refractivity contribution in [2.75, 3.05) is 4.90 Å². The van der Waals surface area contributed by atoms with Gasteiger partial charge in [-0.05, 0) is 137 Å². The third-order valence-electron chi connectivity index (χ3n) is 18.7. The van der Waals surface area contributed by atoms with E-state index in [2.05, 4.69) is 302 Å². The summed E-state index contributed by atoms with van der Waals surface area (Å²) in [5, 5.41) is 2.57. The molecule has 1 aromatic heterocycles. The van der Waals surface area contributed by atoms with Crippen molar-refractivity contribution < 1.29 is 0 Å². The first-order chi connectivity index (χ1) is 39.0. The van der Waals surface area contributed by atoms with E-state index in [-0.39, 0.29) is 5.41 Å². The monoisotopic (exact) mass is 1000 g/mol. The second-order valence-corrected chi connectivity index (χ2v) is 22.6. The molecule has 1 aliphatic heterocycles. The zero-order chi connectivity index (χ0) is 52.2. The Bertz CT molecular complexity index is 4650. The van der Waals surface area contributed by atoms with Crippen molar-refractivity contribution >= 4 is 38.9 Å². The van der Waals surface area contributed by atoms with Gasteiger partial charge in [0.2, 0.25) is 0 Å². The number of para-hydroxylation sites is 3. The Hall–Kier alpha value is -9.76. The molecule has 0 amide bonds. The summed E-state index contributed by atoms with van der Waals surface area (Å²) in [6.45, 7) is 4.77. The van der Waals surface area contributed by atoms with Crippen LogP contribution in [-0.4, -0.2) is 4.57 Å². The second kappa shape index (κ2) is 16.1. The lowest BCUT2D eigenvalue weighted by atomic mass is 9.65. The fourth-order valence-corrected chi connectivity index (χ4v) is 15.6. The van der Waals surface area contributed by atoms with Crippen LogP contribution in [-0.2, 0) is 16.2 Å². The van der Waals surface area contributed by atoms with Crippen LogP contribution >= 0.6 is 0 Å². The molecule has 12 aromatic carbocycles. The lowest BCUT2D eigenvalue weighted by Gasteiger charge is -2.39. The lowest BCUT2D eigenvalue weighted by Crippen LogP contribution is -2.33. The molecule has 2 nitrogen and oxygen atoms in total. The maximum absolute atomic E-state index is 2.54. The van der Waals surface area contributed by atoms with Crippen molar-refractivity contribution in [2.45, 2.75) is 30.1 Å². The average Bonchev–Trinajstić information content (AvgIpc) is 2.18. The fourth-order valence-electron chi connectivity index (χ4n) is 15.6. The average molecular weight is 1010 g/mol. The SMILES string of the molecule is CC1(C)c2ccccc2-c2ccc(N(c3ccc(-c4cccc5c4-c4ccccc4C54c5ccccc5-n5c6ccccc6c6cccc4c65)cc3)c3cccc4c3-c3ccccc3C4(c3ccccc3)c3ccccc3)cc21. The van der Waals surface area contributed by atoms with Gasteiger partial charge in [0.1, 0.15) is 0 Å². The Balaban J connectivity index is 0.886. The van der Waals surface area contributed by atoms with E-state index in [0.717, 1.165) is 17.1 Å². The van der Waals surface area contributed by atoms with Gasteiger partial charge >= 0.3 is 0 Å². The summed E-state index contributed by atoms with van der Waals surface area (Å²) < 4.78 is 2.53. The maximum atomic E-state index is 2.54. The molecule has 0 fully saturated rings. The van der Waals surface area contributed by atoms with Crippen LogP contribution in [0.15, 0.2) is 279 Å². The predicted molar refractivity (Wildman–Crippen MR) is 327 cm³/mol. The number of hydrogen-bond acceptors (Lipinski definition) is 1. The van der Waals surface area contributed by atoms with E-state index in [1.165, 1.54) is 128 Å². The van der Waals surface area contributed by atoms with Crippen LogP contribution in [0.25, 0.3) is 72.0 Å². The Kier molecular flexibility index (Phi) is 9.07. The molecule has 4 aliphatic rings. The molecule has 17 rings (SSSR count). The number of nitrogens with zero attached hydrogens (tertiary/aromatic N) is 2. The molecule has 1 atom stereocenters. The van der Waals surface area contributed by atoms with E-state index in [1.807, 2.05) is 0 Å². The van der Waals surface area contributed by atoms with Crippen molar-refractivity contribution in [3.05, 3.63) is 335 Å². The van der Waals surface area contributed by atoms with Gasteiger partial charge in [-0.15, -0.1) is 0 Å². The first-order valence-corrected chi connectivity index (χ1v) is 27.8. The quantitative estimate of drug-likeness (QED) is 0.161. The molecule has 0 saturated carbocycles. The molecular formula is C77H52N2. The predicted octanol–water partition coefficient (Wildman–Crippen LogP) is 19.3. The van der Waals surface area contributed by atoms with Gasteiger partial charge in [-0.1, -0.05) is 250 Å². The number of anilines is 3. The topological polar surface area (TPSA) is 8.17 Å². The first-order valence-electron chi connectivity index (χ1n) is 27.8. The van der Waals surface area contributed by atoms with E-state index < -0.39 is 10.8 Å². The van der Waals surface area contributed by atoms with Crippen LogP contribution in [0.2, 0.25) is 0 Å². The molecule has 1 unspecified atom stereocenters. The van der Waals surface area contributed by atoms with E-state index in [1.54, 1.807) is 0 Å². The van der Waals surface area contributed by atoms with Crippen LogP contribution in [0.3, 0.4) is 0 Å². The third kappa shape index (κ3) is 5.65. The molecule has 2 heteroatoms. The molecule has 2 heterocycles. The number of aromatic nitrogens is 1. The summed E-state index contributed by atoms with van der Waals surface area (Å²) in [5.41, 5.74) is 29.2. The standard InChI is InChI=1S/C77H52N2/c1-75(2)61-32-13-9-26-55(61)56-47-46-53(48-68(56)75)78(71-41-21-37-66-73(71)60-29-11-14-33-62(60)76(66,50-22-5-3-6-23-50)51-24-7-4-8-25-51)52-44-42-49(43-45-52)54-30-19-36-65-72(54)59-28-10-15-34-63(59)77(65)64-35-16-18-40-70(64)79-69-39-17-12-27-57(69)58-31-20-38-67(77)74(58)79/h3-48H,1-2H3. The fraction of sp³-hybridized carbons (Fsp3) is 0.0649. The highest BCUT2D eigenvalue weighted by Gasteiger charge is 2.52. The third-order valence-corrected chi connectivity index (χ3v) is 18.7. The van der Waals surface area contributed by atoms with E-state index >= 15 is 0 Å². The van der Waals surface area contributed by atoms with Crippen molar-refractivity contribution in [3.8, 4) is 50.2 Å². The van der Waals surface area contributed by atoms with Gasteiger partial charge in [0.25, 0.3) is 0 Å². The molecule has 13 aromatic rings. The van der Waals surface area contributed by atoms with Crippen LogP contribution in [0.4, 0.5) is 17.1 Å². The maximum Gasteiger partial charge on any atom is 0.0754 e. The zero-order valence-corrected chi connectivity index (χ0v) is 44.0. The molecular weight excluding hydrogens is 953 g/mol. The van der Waals surface area contributed by atoms with Gasteiger partial charge in [-0.3, -0.25) is 0 Å². The molecule has 0 N–H and O–H groups in total. The lowest BCUT2D eigenvalue weighted by molar-refractivity contribution is 0.660. The highest BCUT2D eigenvalue weighted by Crippen LogP contribution is 2.64. The number of hydrogen-bond donors (Lipinski definition) is 0. The van der Waals surface area contributed by atoms with Crippen LogP contribution in [0.5, 0.6) is 0 Å². The highest BCUT2D eigenvalue weighted by molar-refractivity contribution is 6.13. The Labute approximate surface area is 460 Å². The van der Waals surface area contributed by atoms with Crippen LogP contribution < -0.4 is 4.90 Å². The van der Waals surface area contributed by atoms with Crippen LogP contribution in [0, 0.1) is 0 Å². The number of fused-ring (bicyclic) bond motifs is 18.